The van der Waals surface area contributed by atoms with Gasteiger partial charge in [-0.15, -0.1) is 0 Å². The largest absolute Gasteiger partial charge is 0.393 e. The molecule has 6 nitrogen and oxygen atoms in total. The lowest BCUT2D eigenvalue weighted by Crippen LogP contribution is -2.43. The maximum Gasteiger partial charge on any atom is 0.268 e. The number of nitrogens with zero attached hydrogens (tertiary/aromatic N) is 1. The molecule has 6 heteroatoms. The molecular formula is C12H18N2O4. The van der Waals surface area contributed by atoms with E-state index in [1.54, 1.807) is 17.8 Å². The number of aromatic nitrogens is 1. The quantitative estimate of drug-likeness (QED) is 0.629. The molecule has 0 aliphatic carbocycles. The third-order valence-corrected chi connectivity index (χ3v) is 2.61. The lowest BCUT2D eigenvalue weighted by molar-refractivity contribution is 0.00313. The Morgan fingerprint density at radius 1 is 1.50 bits per heavy atom. The van der Waals surface area contributed by atoms with Crippen LogP contribution in [0.3, 0.4) is 0 Å². The number of aliphatic hydroxyl groups is 2. The lowest BCUT2D eigenvalue weighted by atomic mass is 10.1. The van der Waals surface area contributed by atoms with Gasteiger partial charge in [0.05, 0.1) is 6.61 Å². The first-order chi connectivity index (χ1) is 8.26. The van der Waals surface area contributed by atoms with Gasteiger partial charge in [-0.3, -0.25) is 9.59 Å². The van der Waals surface area contributed by atoms with Crippen molar-refractivity contribution in [2.24, 2.45) is 7.05 Å². The van der Waals surface area contributed by atoms with Gasteiger partial charge < -0.3 is 20.1 Å². The van der Waals surface area contributed by atoms with Crippen molar-refractivity contribution in [1.82, 2.24) is 9.88 Å². The van der Waals surface area contributed by atoms with E-state index in [2.05, 4.69) is 5.32 Å². The summed E-state index contributed by atoms with van der Waals surface area (Å²) in [6.07, 6.45) is 1.57. The second kappa shape index (κ2) is 5.32. The van der Waals surface area contributed by atoms with Gasteiger partial charge in [-0.05, 0) is 19.9 Å². The van der Waals surface area contributed by atoms with Crippen LogP contribution in [0.4, 0.5) is 0 Å². The van der Waals surface area contributed by atoms with Gasteiger partial charge in [-0.1, -0.05) is 0 Å². The summed E-state index contributed by atoms with van der Waals surface area (Å²) in [6.45, 7) is 2.33. The monoisotopic (exact) mass is 254 g/mol. The van der Waals surface area contributed by atoms with E-state index in [4.69, 9.17) is 5.11 Å². The highest BCUT2D eigenvalue weighted by molar-refractivity contribution is 5.99. The molecular weight excluding hydrogens is 236 g/mol. The standard InChI is InChI=1S/C12H18N2O4/c1-8(16)9-4-10(14(3)5-9)11(17)13-6-12(2,18)7-15/h4-5,15,18H,6-7H2,1-3H3,(H,13,17). The molecule has 0 aromatic carbocycles. The van der Waals surface area contributed by atoms with Gasteiger partial charge in [0.25, 0.3) is 5.91 Å². The molecule has 0 aliphatic rings. The molecule has 1 aromatic rings. The number of aryl methyl sites for hydroxylation is 1. The van der Waals surface area contributed by atoms with Crippen molar-refractivity contribution >= 4 is 11.7 Å². The molecule has 0 fully saturated rings. The van der Waals surface area contributed by atoms with Crippen molar-refractivity contribution in [2.45, 2.75) is 19.4 Å². The second-order valence-corrected chi connectivity index (χ2v) is 4.62. The summed E-state index contributed by atoms with van der Waals surface area (Å²) in [6, 6.07) is 1.49. The zero-order chi connectivity index (χ0) is 13.9. The number of hydrogen-bond donors (Lipinski definition) is 3. The van der Waals surface area contributed by atoms with Crippen molar-refractivity contribution in [2.75, 3.05) is 13.2 Å². The fourth-order valence-electron chi connectivity index (χ4n) is 1.40. The molecule has 0 bridgehead atoms. The Labute approximate surface area is 105 Å². The molecule has 1 rings (SSSR count). The van der Waals surface area contributed by atoms with Gasteiger partial charge in [0.15, 0.2) is 5.78 Å². The van der Waals surface area contributed by atoms with Crippen LogP contribution in [0, 0.1) is 0 Å². The van der Waals surface area contributed by atoms with E-state index in [0.717, 1.165) is 0 Å². The van der Waals surface area contributed by atoms with E-state index in [9.17, 15) is 14.7 Å². The van der Waals surface area contributed by atoms with Crippen LogP contribution >= 0.6 is 0 Å². The number of ketones is 1. The maximum absolute atomic E-state index is 11.8. The van der Waals surface area contributed by atoms with Crippen molar-refractivity contribution < 1.29 is 19.8 Å². The molecule has 18 heavy (non-hydrogen) atoms. The summed E-state index contributed by atoms with van der Waals surface area (Å²) in [4.78, 5) is 23.0. The van der Waals surface area contributed by atoms with Gasteiger partial charge in [0.1, 0.15) is 11.3 Å². The first-order valence-corrected chi connectivity index (χ1v) is 5.55. The third-order valence-electron chi connectivity index (χ3n) is 2.61. The molecule has 1 unspecified atom stereocenters. The molecule has 1 atom stereocenters. The van der Waals surface area contributed by atoms with E-state index >= 15 is 0 Å². The van der Waals surface area contributed by atoms with Crippen LogP contribution in [-0.4, -0.2) is 45.2 Å². The summed E-state index contributed by atoms with van der Waals surface area (Å²) in [5.74, 6) is -0.522. The molecule has 1 aromatic heterocycles. The Balaban J connectivity index is 2.76. The molecule has 1 heterocycles. The molecule has 0 saturated heterocycles. The molecule has 0 radical (unpaired) electrons. The SMILES string of the molecule is CC(=O)c1cc(C(=O)NCC(C)(O)CO)n(C)c1. The van der Waals surface area contributed by atoms with Crippen molar-refractivity contribution in [1.29, 1.82) is 0 Å². The Morgan fingerprint density at radius 3 is 2.56 bits per heavy atom. The summed E-state index contributed by atoms with van der Waals surface area (Å²) < 4.78 is 1.54. The van der Waals surface area contributed by atoms with E-state index in [-0.39, 0.29) is 12.3 Å². The highest BCUT2D eigenvalue weighted by atomic mass is 16.3. The van der Waals surface area contributed by atoms with Crippen LogP contribution < -0.4 is 5.32 Å². The molecule has 0 saturated carbocycles. The molecule has 0 aliphatic heterocycles. The second-order valence-electron chi connectivity index (χ2n) is 4.62. The molecule has 1 amide bonds. The summed E-state index contributed by atoms with van der Waals surface area (Å²) in [5, 5.41) is 20.9. The van der Waals surface area contributed by atoms with Gasteiger partial charge >= 0.3 is 0 Å². The number of amides is 1. The number of carbonyl (C=O) groups is 2. The fraction of sp³-hybridized carbons (Fsp3) is 0.500. The smallest absolute Gasteiger partial charge is 0.268 e. The van der Waals surface area contributed by atoms with Gasteiger partial charge in [-0.2, -0.15) is 0 Å². The van der Waals surface area contributed by atoms with Crippen molar-refractivity contribution in [3.63, 3.8) is 0 Å². The number of carbonyl (C=O) groups excluding carboxylic acids is 2. The minimum atomic E-state index is -1.36. The number of aliphatic hydroxyl groups excluding tert-OH is 1. The zero-order valence-corrected chi connectivity index (χ0v) is 10.7. The number of hydrogen-bond acceptors (Lipinski definition) is 4. The Bertz CT molecular complexity index is 463. The lowest BCUT2D eigenvalue weighted by Gasteiger charge is -2.20. The number of rotatable bonds is 5. The average Bonchev–Trinajstić information content (AvgIpc) is 2.69. The minimum Gasteiger partial charge on any atom is -0.393 e. The van der Waals surface area contributed by atoms with E-state index in [0.29, 0.717) is 11.3 Å². The van der Waals surface area contributed by atoms with Gasteiger partial charge in [0, 0.05) is 25.4 Å². The van der Waals surface area contributed by atoms with Crippen LogP contribution in [0.1, 0.15) is 34.7 Å². The van der Waals surface area contributed by atoms with E-state index < -0.39 is 18.1 Å². The highest BCUT2D eigenvalue weighted by Crippen LogP contribution is 2.08. The Hall–Kier alpha value is -1.66. The van der Waals surface area contributed by atoms with Crippen molar-refractivity contribution in [3.8, 4) is 0 Å². The van der Waals surface area contributed by atoms with Crippen LogP contribution in [0.15, 0.2) is 12.3 Å². The zero-order valence-electron chi connectivity index (χ0n) is 10.7. The predicted molar refractivity (Wildman–Crippen MR) is 65.5 cm³/mol. The van der Waals surface area contributed by atoms with Crippen LogP contribution in [-0.2, 0) is 7.05 Å². The van der Waals surface area contributed by atoms with Crippen molar-refractivity contribution in [3.05, 3.63) is 23.5 Å². The van der Waals surface area contributed by atoms with E-state index in [1.165, 1.54) is 19.9 Å². The molecule has 100 valence electrons. The van der Waals surface area contributed by atoms with Crippen LogP contribution in [0.2, 0.25) is 0 Å². The minimum absolute atomic E-state index is 0.0665. The number of Topliss-reactive ketones (excluding diaryl/α,β-unsaturated/α-hetero) is 1. The van der Waals surface area contributed by atoms with Crippen LogP contribution in [0.25, 0.3) is 0 Å². The van der Waals surface area contributed by atoms with Gasteiger partial charge in [0.2, 0.25) is 0 Å². The average molecular weight is 254 g/mol. The van der Waals surface area contributed by atoms with Gasteiger partial charge in [-0.25, -0.2) is 0 Å². The van der Waals surface area contributed by atoms with E-state index in [1.807, 2.05) is 0 Å². The molecule has 3 N–H and O–H groups in total. The summed E-state index contributed by atoms with van der Waals surface area (Å²) >= 11 is 0. The van der Waals surface area contributed by atoms with Crippen LogP contribution in [0.5, 0.6) is 0 Å². The normalized spacial score (nSPS) is 14.1. The molecule has 0 spiro atoms. The summed E-state index contributed by atoms with van der Waals surface area (Å²) in [5.41, 5.74) is -0.574. The first-order valence-electron chi connectivity index (χ1n) is 5.55. The topological polar surface area (TPSA) is 91.6 Å². The first kappa shape index (κ1) is 14.4. The highest BCUT2D eigenvalue weighted by Gasteiger charge is 2.21. The predicted octanol–water partition coefficient (Wildman–Crippen LogP) is -0.299. The third kappa shape index (κ3) is 3.41. The Morgan fingerprint density at radius 2 is 2.11 bits per heavy atom. The fourth-order valence-corrected chi connectivity index (χ4v) is 1.40. The number of nitrogens with one attached hydrogen (secondary N) is 1. The Kier molecular flexibility index (Phi) is 4.26. The summed E-state index contributed by atoms with van der Waals surface area (Å²) in [7, 11) is 1.66. The maximum atomic E-state index is 11.8.